The van der Waals surface area contributed by atoms with Crippen molar-refractivity contribution in [1.29, 1.82) is 0 Å². The van der Waals surface area contributed by atoms with Gasteiger partial charge < -0.3 is 20.1 Å². The molecule has 2 heterocycles. The quantitative estimate of drug-likeness (QED) is 0.905. The van der Waals surface area contributed by atoms with E-state index in [1.807, 2.05) is 0 Å². The molecule has 0 amide bonds. The van der Waals surface area contributed by atoms with Crippen molar-refractivity contribution in [3.63, 3.8) is 0 Å². The number of rotatable bonds is 4. The minimum atomic E-state index is 0.0958. The number of hydrogen-bond acceptors (Lipinski definition) is 5. The summed E-state index contributed by atoms with van der Waals surface area (Å²) in [6.07, 6.45) is 4.92. The molecule has 2 aliphatic rings. The van der Waals surface area contributed by atoms with Crippen LogP contribution in [0, 0.1) is 0 Å². The minimum absolute atomic E-state index is 0.0958. The standard InChI is InChI=1S/C16H25N3O2/c1-20-14-9-19(10-15(14)21-2)16-12(8-17)7-11-5-3-4-6-13(11)18-16/h7,14-15H,3-6,8-10,17H2,1-2H3. The molecule has 0 saturated carbocycles. The molecule has 116 valence electrons. The van der Waals surface area contributed by atoms with Crippen molar-refractivity contribution in [3.05, 3.63) is 22.9 Å². The molecule has 1 aromatic rings. The Morgan fingerprint density at radius 3 is 2.48 bits per heavy atom. The van der Waals surface area contributed by atoms with Gasteiger partial charge in [0.2, 0.25) is 0 Å². The largest absolute Gasteiger partial charge is 0.377 e. The van der Waals surface area contributed by atoms with Gasteiger partial charge in [0.15, 0.2) is 0 Å². The molecule has 1 saturated heterocycles. The lowest BCUT2D eigenvalue weighted by Crippen LogP contribution is -2.27. The van der Waals surface area contributed by atoms with Crippen LogP contribution in [0.15, 0.2) is 6.07 Å². The number of nitrogens with two attached hydrogens (primary N) is 1. The smallest absolute Gasteiger partial charge is 0.133 e. The predicted molar refractivity (Wildman–Crippen MR) is 82.6 cm³/mol. The maximum atomic E-state index is 5.96. The Hall–Kier alpha value is -1.17. The van der Waals surface area contributed by atoms with Gasteiger partial charge >= 0.3 is 0 Å². The number of ether oxygens (including phenoxy) is 2. The zero-order chi connectivity index (χ0) is 14.8. The number of nitrogens with zero attached hydrogens (tertiary/aromatic N) is 2. The maximum Gasteiger partial charge on any atom is 0.133 e. The van der Waals surface area contributed by atoms with Crippen molar-refractivity contribution in [3.8, 4) is 0 Å². The Morgan fingerprint density at radius 1 is 1.19 bits per heavy atom. The van der Waals surface area contributed by atoms with E-state index < -0.39 is 0 Å². The highest BCUT2D eigenvalue weighted by Gasteiger charge is 2.34. The first kappa shape index (κ1) is 14.8. The summed E-state index contributed by atoms with van der Waals surface area (Å²) in [5.41, 5.74) is 9.74. The van der Waals surface area contributed by atoms with Crippen LogP contribution in [0.2, 0.25) is 0 Å². The molecule has 21 heavy (non-hydrogen) atoms. The second-order valence-corrected chi connectivity index (χ2v) is 5.94. The van der Waals surface area contributed by atoms with Gasteiger partial charge in [0, 0.05) is 45.1 Å². The Labute approximate surface area is 126 Å². The van der Waals surface area contributed by atoms with Crippen LogP contribution in [0.5, 0.6) is 0 Å². The Morgan fingerprint density at radius 2 is 1.86 bits per heavy atom. The van der Waals surface area contributed by atoms with Crippen LogP contribution in [-0.4, -0.2) is 44.5 Å². The summed E-state index contributed by atoms with van der Waals surface area (Å²) in [7, 11) is 3.48. The normalized spacial score (nSPS) is 25.2. The fourth-order valence-corrected chi connectivity index (χ4v) is 3.46. The predicted octanol–water partition coefficient (Wildman–Crippen LogP) is 1.27. The molecule has 1 aromatic heterocycles. The van der Waals surface area contributed by atoms with Crippen molar-refractivity contribution < 1.29 is 9.47 Å². The van der Waals surface area contributed by atoms with Gasteiger partial charge in [0.1, 0.15) is 18.0 Å². The topological polar surface area (TPSA) is 60.6 Å². The lowest BCUT2D eigenvalue weighted by atomic mass is 9.94. The van der Waals surface area contributed by atoms with Gasteiger partial charge in [-0.15, -0.1) is 0 Å². The molecular weight excluding hydrogens is 266 g/mol. The SMILES string of the molecule is COC1CN(c2nc3c(cc2CN)CCCC3)CC1OC. The van der Waals surface area contributed by atoms with E-state index in [1.54, 1.807) is 14.2 Å². The van der Waals surface area contributed by atoms with Crippen LogP contribution in [0.4, 0.5) is 5.82 Å². The molecule has 5 heteroatoms. The Balaban J connectivity index is 1.91. The highest BCUT2D eigenvalue weighted by atomic mass is 16.5. The number of anilines is 1. The van der Waals surface area contributed by atoms with E-state index in [0.717, 1.165) is 37.3 Å². The number of methoxy groups -OCH3 is 2. The van der Waals surface area contributed by atoms with Crippen LogP contribution in [0.1, 0.15) is 29.7 Å². The highest BCUT2D eigenvalue weighted by molar-refractivity contribution is 5.52. The van der Waals surface area contributed by atoms with Crippen molar-refractivity contribution >= 4 is 5.82 Å². The Bertz CT molecular complexity index is 495. The van der Waals surface area contributed by atoms with E-state index >= 15 is 0 Å². The second-order valence-electron chi connectivity index (χ2n) is 5.94. The molecule has 0 aromatic carbocycles. The summed E-state index contributed by atoms with van der Waals surface area (Å²) in [5.74, 6) is 1.03. The zero-order valence-corrected chi connectivity index (χ0v) is 13.0. The van der Waals surface area contributed by atoms with E-state index in [0.29, 0.717) is 6.54 Å². The van der Waals surface area contributed by atoms with Gasteiger partial charge in [-0.05, 0) is 37.3 Å². The number of pyridine rings is 1. The van der Waals surface area contributed by atoms with Gasteiger partial charge in [-0.25, -0.2) is 4.98 Å². The molecule has 3 rings (SSSR count). The molecule has 1 aliphatic heterocycles. The van der Waals surface area contributed by atoms with Gasteiger partial charge in [0.25, 0.3) is 0 Å². The maximum absolute atomic E-state index is 5.96. The van der Waals surface area contributed by atoms with Crippen LogP contribution in [-0.2, 0) is 28.9 Å². The van der Waals surface area contributed by atoms with Crippen molar-refractivity contribution in [2.75, 3.05) is 32.2 Å². The second kappa shape index (κ2) is 6.30. The summed E-state index contributed by atoms with van der Waals surface area (Å²) < 4.78 is 11.1. The van der Waals surface area contributed by atoms with E-state index in [1.165, 1.54) is 24.1 Å². The first-order valence-corrected chi connectivity index (χ1v) is 7.79. The number of aromatic nitrogens is 1. The molecule has 0 bridgehead atoms. The summed E-state index contributed by atoms with van der Waals surface area (Å²) in [6, 6.07) is 2.26. The number of aryl methyl sites for hydroxylation is 2. The van der Waals surface area contributed by atoms with Gasteiger partial charge in [-0.3, -0.25) is 0 Å². The minimum Gasteiger partial charge on any atom is -0.377 e. The van der Waals surface area contributed by atoms with Crippen molar-refractivity contribution in [1.82, 2.24) is 4.98 Å². The lowest BCUT2D eigenvalue weighted by molar-refractivity contribution is -0.00461. The zero-order valence-electron chi connectivity index (χ0n) is 13.0. The molecular formula is C16H25N3O2. The third kappa shape index (κ3) is 2.78. The first-order chi connectivity index (χ1) is 10.3. The number of hydrogen-bond donors (Lipinski definition) is 1. The molecule has 2 atom stereocenters. The summed E-state index contributed by atoms with van der Waals surface area (Å²) in [5, 5.41) is 0. The van der Waals surface area contributed by atoms with E-state index in [9.17, 15) is 0 Å². The number of fused-ring (bicyclic) bond motifs is 1. The van der Waals surface area contributed by atoms with Crippen LogP contribution in [0.25, 0.3) is 0 Å². The van der Waals surface area contributed by atoms with E-state index in [4.69, 9.17) is 20.2 Å². The summed E-state index contributed by atoms with van der Waals surface area (Å²) >= 11 is 0. The van der Waals surface area contributed by atoms with E-state index in [-0.39, 0.29) is 12.2 Å². The molecule has 1 fully saturated rings. The van der Waals surface area contributed by atoms with Crippen molar-refractivity contribution in [2.45, 2.75) is 44.4 Å². The summed E-state index contributed by atoms with van der Waals surface area (Å²) in [6.45, 7) is 2.16. The van der Waals surface area contributed by atoms with Crippen LogP contribution in [0.3, 0.4) is 0 Å². The fourth-order valence-electron chi connectivity index (χ4n) is 3.46. The average molecular weight is 291 g/mol. The Kier molecular flexibility index (Phi) is 4.42. The van der Waals surface area contributed by atoms with Gasteiger partial charge in [-0.2, -0.15) is 0 Å². The van der Waals surface area contributed by atoms with Crippen LogP contribution >= 0.6 is 0 Å². The molecule has 2 unspecified atom stereocenters. The third-order valence-corrected chi connectivity index (χ3v) is 4.70. The first-order valence-electron chi connectivity index (χ1n) is 7.79. The third-order valence-electron chi connectivity index (χ3n) is 4.70. The fraction of sp³-hybridized carbons (Fsp3) is 0.688. The average Bonchev–Trinajstić information content (AvgIpc) is 2.96. The van der Waals surface area contributed by atoms with E-state index in [2.05, 4.69) is 11.0 Å². The lowest BCUT2D eigenvalue weighted by Gasteiger charge is -2.24. The molecule has 0 radical (unpaired) electrons. The van der Waals surface area contributed by atoms with Crippen LogP contribution < -0.4 is 10.6 Å². The molecule has 0 spiro atoms. The molecule has 2 N–H and O–H groups in total. The monoisotopic (exact) mass is 291 g/mol. The molecule has 5 nitrogen and oxygen atoms in total. The van der Waals surface area contributed by atoms with Gasteiger partial charge in [0.05, 0.1) is 0 Å². The highest BCUT2D eigenvalue weighted by Crippen LogP contribution is 2.29. The van der Waals surface area contributed by atoms with Gasteiger partial charge in [-0.1, -0.05) is 0 Å². The summed E-state index contributed by atoms with van der Waals surface area (Å²) in [4.78, 5) is 7.20. The van der Waals surface area contributed by atoms with Crippen molar-refractivity contribution in [2.24, 2.45) is 5.73 Å². The molecule has 1 aliphatic carbocycles.